The Hall–Kier alpha value is -0.570. The van der Waals surface area contributed by atoms with Crippen molar-refractivity contribution in [3.8, 4) is 0 Å². The van der Waals surface area contributed by atoms with Gasteiger partial charge in [0.25, 0.3) is 0 Å². The largest absolute Gasteiger partial charge is 0.378 e. The summed E-state index contributed by atoms with van der Waals surface area (Å²) in [6.07, 6.45) is 6.47. The fourth-order valence-corrected chi connectivity index (χ4v) is 3.07. The SMILES string of the molecule is CNCC(CCC1CCCO1)Cc1cccc(Cl)c1. The lowest BCUT2D eigenvalue weighted by atomic mass is 9.93. The molecular weight excluding hydrogens is 258 g/mol. The van der Waals surface area contributed by atoms with Crippen LogP contribution < -0.4 is 5.32 Å². The smallest absolute Gasteiger partial charge is 0.0576 e. The number of hydrogen-bond donors (Lipinski definition) is 1. The van der Waals surface area contributed by atoms with Crippen molar-refractivity contribution in [2.24, 2.45) is 5.92 Å². The van der Waals surface area contributed by atoms with Gasteiger partial charge in [-0.25, -0.2) is 0 Å². The molecule has 2 atom stereocenters. The molecule has 2 nitrogen and oxygen atoms in total. The van der Waals surface area contributed by atoms with E-state index in [0.717, 1.165) is 24.6 Å². The predicted octanol–water partition coefficient (Wildman–Crippen LogP) is 3.68. The molecule has 1 aliphatic heterocycles. The molecule has 0 spiro atoms. The molecule has 0 saturated carbocycles. The van der Waals surface area contributed by atoms with E-state index in [4.69, 9.17) is 16.3 Å². The highest BCUT2D eigenvalue weighted by Crippen LogP contribution is 2.22. The summed E-state index contributed by atoms with van der Waals surface area (Å²) in [4.78, 5) is 0. The van der Waals surface area contributed by atoms with Gasteiger partial charge in [-0.3, -0.25) is 0 Å². The van der Waals surface area contributed by atoms with Crippen LogP contribution >= 0.6 is 11.6 Å². The summed E-state index contributed by atoms with van der Waals surface area (Å²) < 4.78 is 5.71. The summed E-state index contributed by atoms with van der Waals surface area (Å²) in [6, 6.07) is 8.22. The zero-order chi connectivity index (χ0) is 13.5. The Morgan fingerprint density at radius 2 is 2.37 bits per heavy atom. The van der Waals surface area contributed by atoms with Crippen molar-refractivity contribution in [3.63, 3.8) is 0 Å². The Labute approximate surface area is 121 Å². The molecule has 0 bridgehead atoms. The molecule has 3 heteroatoms. The van der Waals surface area contributed by atoms with E-state index in [-0.39, 0.29) is 0 Å². The molecular formula is C16H24ClNO. The number of benzene rings is 1. The van der Waals surface area contributed by atoms with Crippen LogP contribution in [0.1, 0.15) is 31.2 Å². The third-order valence-corrected chi connectivity index (χ3v) is 4.06. The number of hydrogen-bond acceptors (Lipinski definition) is 2. The summed E-state index contributed by atoms with van der Waals surface area (Å²) in [6.45, 7) is 2.01. The molecule has 0 aliphatic carbocycles. The average Bonchev–Trinajstić information content (AvgIpc) is 2.89. The first-order valence-electron chi connectivity index (χ1n) is 7.28. The van der Waals surface area contributed by atoms with Gasteiger partial charge in [-0.2, -0.15) is 0 Å². The van der Waals surface area contributed by atoms with E-state index in [1.807, 2.05) is 19.2 Å². The minimum Gasteiger partial charge on any atom is -0.378 e. The minimum atomic E-state index is 0.499. The second-order valence-electron chi connectivity index (χ2n) is 5.47. The van der Waals surface area contributed by atoms with E-state index < -0.39 is 0 Å². The van der Waals surface area contributed by atoms with Crippen LogP contribution in [0, 0.1) is 5.92 Å². The van der Waals surface area contributed by atoms with E-state index >= 15 is 0 Å². The van der Waals surface area contributed by atoms with Gasteiger partial charge >= 0.3 is 0 Å². The maximum atomic E-state index is 6.05. The molecule has 1 heterocycles. The number of halogens is 1. The number of ether oxygens (including phenoxy) is 1. The van der Waals surface area contributed by atoms with Crippen molar-refractivity contribution in [1.82, 2.24) is 5.32 Å². The van der Waals surface area contributed by atoms with Crippen LogP contribution in [0.25, 0.3) is 0 Å². The molecule has 2 rings (SSSR count). The van der Waals surface area contributed by atoms with Crippen LogP contribution in [0.5, 0.6) is 0 Å². The maximum absolute atomic E-state index is 6.05. The Morgan fingerprint density at radius 3 is 3.05 bits per heavy atom. The first-order valence-corrected chi connectivity index (χ1v) is 7.66. The number of rotatable bonds is 7. The molecule has 0 amide bonds. The van der Waals surface area contributed by atoms with Crippen molar-refractivity contribution in [3.05, 3.63) is 34.9 Å². The molecule has 0 aromatic heterocycles. The second kappa shape index (κ2) is 7.88. The van der Waals surface area contributed by atoms with Crippen LogP contribution in [0.15, 0.2) is 24.3 Å². The van der Waals surface area contributed by atoms with Crippen molar-refractivity contribution in [1.29, 1.82) is 0 Å². The Bertz CT molecular complexity index is 377. The summed E-state index contributed by atoms with van der Waals surface area (Å²) in [5, 5.41) is 4.14. The average molecular weight is 282 g/mol. The second-order valence-corrected chi connectivity index (χ2v) is 5.91. The molecule has 1 aromatic rings. The molecule has 1 N–H and O–H groups in total. The van der Waals surface area contributed by atoms with Gasteiger partial charge in [-0.15, -0.1) is 0 Å². The highest BCUT2D eigenvalue weighted by molar-refractivity contribution is 6.30. The fraction of sp³-hybridized carbons (Fsp3) is 0.625. The minimum absolute atomic E-state index is 0.499. The van der Waals surface area contributed by atoms with Gasteiger partial charge in [0.15, 0.2) is 0 Å². The molecule has 1 fully saturated rings. The first-order chi connectivity index (χ1) is 9.28. The molecule has 0 radical (unpaired) electrons. The lowest BCUT2D eigenvalue weighted by Crippen LogP contribution is -2.22. The first kappa shape index (κ1) is 14.8. The monoisotopic (exact) mass is 281 g/mol. The maximum Gasteiger partial charge on any atom is 0.0576 e. The fourth-order valence-electron chi connectivity index (χ4n) is 2.86. The van der Waals surface area contributed by atoms with Gasteiger partial charge in [0, 0.05) is 11.6 Å². The lowest BCUT2D eigenvalue weighted by Gasteiger charge is -2.19. The molecule has 19 heavy (non-hydrogen) atoms. The van der Waals surface area contributed by atoms with Crippen LogP contribution in [0.3, 0.4) is 0 Å². The zero-order valence-corrected chi connectivity index (χ0v) is 12.5. The van der Waals surface area contributed by atoms with E-state index in [1.54, 1.807) is 0 Å². The van der Waals surface area contributed by atoms with Crippen LogP contribution in [0.4, 0.5) is 0 Å². The Kier molecular flexibility index (Phi) is 6.15. The van der Waals surface area contributed by atoms with Crippen LogP contribution in [-0.2, 0) is 11.2 Å². The van der Waals surface area contributed by atoms with Crippen molar-refractivity contribution < 1.29 is 4.74 Å². The highest BCUT2D eigenvalue weighted by Gasteiger charge is 2.18. The van der Waals surface area contributed by atoms with E-state index in [1.165, 1.54) is 31.2 Å². The van der Waals surface area contributed by atoms with Gasteiger partial charge in [0.2, 0.25) is 0 Å². The van der Waals surface area contributed by atoms with Crippen LogP contribution in [-0.4, -0.2) is 26.3 Å². The third kappa shape index (κ3) is 5.13. The molecule has 1 saturated heterocycles. The molecule has 2 unspecified atom stereocenters. The van der Waals surface area contributed by atoms with Gasteiger partial charge in [-0.1, -0.05) is 23.7 Å². The van der Waals surface area contributed by atoms with E-state index in [0.29, 0.717) is 12.0 Å². The van der Waals surface area contributed by atoms with Crippen molar-refractivity contribution in [2.75, 3.05) is 20.2 Å². The van der Waals surface area contributed by atoms with Gasteiger partial charge in [0.05, 0.1) is 6.10 Å². The lowest BCUT2D eigenvalue weighted by molar-refractivity contribution is 0.0980. The van der Waals surface area contributed by atoms with Gasteiger partial charge < -0.3 is 10.1 Å². The quantitative estimate of drug-likeness (QED) is 0.823. The Morgan fingerprint density at radius 1 is 1.47 bits per heavy atom. The molecule has 1 aliphatic rings. The highest BCUT2D eigenvalue weighted by atomic mass is 35.5. The summed E-state index contributed by atoms with van der Waals surface area (Å²) >= 11 is 6.05. The standard InChI is InChI=1S/C16H24ClNO/c1-18-12-14(7-8-16-6-3-9-19-16)10-13-4-2-5-15(17)11-13/h2,4-5,11,14,16,18H,3,6-10,12H2,1H3. The topological polar surface area (TPSA) is 21.3 Å². The van der Waals surface area contributed by atoms with Crippen LogP contribution in [0.2, 0.25) is 5.02 Å². The number of nitrogens with one attached hydrogen (secondary N) is 1. The molecule has 106 valence electrons. The molecule has 1 aromatic carbocycles. The normalized spacial score (nSPS) is 20.6. The van der Waals surface area contributed by atoms with E-state index in [9.17, 15) is 0 Å². The van der Waals surface area contributed by atoms with Crippen molar-refractivity contribution >= 4 is 11.6 Å². The summed E-state index contributed by atoms with van der Waals surface area (Å²) in [5.41, 5.74) is 1.33. The van der Waals surface area contributed by atoms with Gasteiger partial charge in [-0.05, 0) is 69.3 Å². The zero-order valence-electron chi connectivity index (χ0n) is 11.7. The third-order valence-electron chi connectivity index (χ3n) is 3.83. The van der Waals surface area contributed by atoms with Crippen molar-refractivity contribution in [2.45, 2.75) is 38.2 Å². The Balaban J connectivity index is 1.84. The van der Waals surface area contributed by atoms with Gasteiger partial charge in [0.1, 0.15) is 0 Å². The predicted molar refractivity (Wildman–Crippen MR) is 80.8 cm³/mol. The summed E-state index contributed by atoms with van der Waals surface area (Å²) in [5.74, 6) is 0.660. The van der Waals surface area contributed by atoms with E-state index in [2.05, 4.69) is 17.4 Å². The summed E-state index contributed by atoms with van der Waals surface area (Å²) in [7, 11) is 2.02.